The maximum atomic E-state index is 6.03. The van der Waals surface area contributed by atoms with Gasteiger partial charge in [0.15, 0.2) is 0 Å². The number of furan rings is 1. The van der Waals surface area contributed by atoms with Gasteiger partial charge in [0.2, 0.25) is 0 Å². The average Bonchev–Trinajstić information content (AvgIpc) is 2.97. The van der Waals surface area contributed by atoms with Gasteiger partial charge in [-0.05, 0) is 46.8 Å². The third kappa shape index (κ3) is 1.92. The minimum atomic E-state index is 0.919. The highest BCUT2D eigenvalue weighted by Crippen LogP contribution is 2.34. The fourth-order valence-electron chi connectivity index (χ4n) is 3.17. The summed E-state index contributed by atoms with van der Waals surface area (Å²) in [6, 6.07) is 23.1. The van der Waals surface area contributed by atoms with Crippen LogP contribution in [0, 0.1) is 0 Å². The zero-order valence-corrected chi connectivity index (χ0v) is 12.4. The number of pyridine rings is 1. The molecule has 23 heavy (non-hydrogen) atoms. The predicted molar refractivity (Wildman–Crippen MR) is 94.5 cm³/mol. The topological polar surface area (TPSA) is 26.0 Å². The summed E-state index contributed by atoms with van der Waals surface area (Å²) in [5.74, 6) is 0. The second kappa shape index (κ2) is 4.68. The lowest BCUT2D eigenvalue weighted by Gasteiger charge is -2.01. The van der Waals surface area contributed by atoms with E-state index in [1.165, 1.54) is 11.1 Å². The van der Waals surface area contributed by atoms with Gasteiger partial charge in [-0.3, -0.25) is 4.98 Å². The molecule has 0 fully saturated rings. The number of fused-ring (bicyclic) bond motifs is 4. The van der Waals surface area contributed by atoms with Crippen LogP contribution in [0.1, 0.15) is 0 Å². The molecule has 0 radical (unpaired) electrons. The van der Waals surface area contributed by atoms with Crippen LogP contribution in [0.3, 0.4) is 0 Å². The molecule has 2 heteroatoms. The molecule has 0 atom stereocenters. The highest BCUT2D eigenvalue weighted by Gasteiger charge is 2.09. The predicted octanol–water partition coefficient (Wildman–Crippen LogP) is 5.80. The first-order valence-corrected chi connectivity index (χ1v) is 7.64. The minimum Gasteiger partial charge on any atom is -0.456 e. The van der Waals surface area contributed by atoms with Crippen molar-refractivity contribution in [1.29, 1.82) is 0 Å². The van der Waals surface area contributed by atoms with Gasteiger partial charge in [0.1, 0.15) is 11.2 Å². The first kappa shape index (κ1) is 12.4. The van der Waals surface area contributed by atoms with Gasteiger partial charge in [-0.25, -0.2) is 0 Å². The second-order valence-electron chi connectivity index (χ2n) is 5.75. The molecule has 108 valence electrons. The average molecular weight is 295 g/mol. The molecule has 0 aliphatic rings. The van der Waals surface area contributed by atoms with Gasteiger partial charge in [0, 0.05) is 28.6 Å². The van der Waals surface area contributed by atoms with Gasteiger partial charge in [0.25, 0.3) is 0 Å². The maximum Gasteiger partial charge on any atom is 0.136 e. The normalized spacial score (nSPS) is 11.5. The van der Waals surface area contributed by atoms with Crippen LogP contribution in [-0.4, -0.2) is 4.98 Å². The Morgan fingerprint density at radius 2 is 1.52 bits per heavy atom. The Morgan fingerprint density at radius 3 is 2.43 bits per heavy atom. The zero-order chi connectivity index (χ0) is 15.2. The van der Waals surface area contributed by atoms with Crippen LogP contribution < -0.4 is 0 Å². The van der Waals surface area contributed by atoms with E-state index in [0.29, 0.717) is 0 Å². The molecule has 2 aromatic heterocycles. The molecule has 3 aromatic carbocycles. The van der Waals surface area contributed by atoms with Crippen molar-refractivity contribution in [1.82, 2.24) is 4.98 Å². The minimum absolute atomic E-state index is 0.919. The van der Waals surface area contributed by atoms with Gasteiger partial charge in [-0.1, -0.05) is 36.4 Å². The van der Waals surface area contributed by atoms with Crippen molar-refractivity contribution in [2.45, 2.75) is 0 Å². The summed E-state index contributed by atoms with van der Waals surface area (Å²) in [7, 11) is 0. The highest BCUT2D eigenvalue weighted by atomic mass is 16.3. The Labute approximate surface area is 133 Å². The number of nitrogens with zero attached hydrogens (tertiary/aromatic N) is 1. The Hall–Kier alpha value is -3.13. The standard InChI is InChI=1S/C21H13NO/c1-2-4-14(5-3-1)15-6-7-20-18(10-15)19-11-17-13-22-9-8-16(17)12-21(19)23-20/h1-13H. The lowest BCUT2D eigenvalue weighted by atomic mass is 10.0. The zero-order valence-electron chi connectivity index (χ0n) is 12.4. The molecule has 0 spiro atoms. The summed E-state index contributed by atoms with van der Waals surface area (Å²) in [5.41, 5.74) is 4.25. The van der Waals surface area contributed by atoms with Gasteiger partial charge >= 0.3 is 0 Å². The van der Waals surface area contributed by atoms with E-state index in [4.69, 9.17) is 4.42 Å². The summed E-state index contributed by atoms with van der Waals surface area (Å²) >= 11 is 0. The van der Waals surface area contributed by atoms with E-state index in [1.54, 1.807) is 0 Å². The first-order valence-electron chi connectivity index (χ1n) is 7.64. The van der Waals surface area contributed by atoms with E-state index in [0.717, 1.165) is 32.7 Å². The number of rotatable bonds is 1. The summed E-state index contributed by atoms with van der Waals surface area (Å²) < 4.78 is 6.03. The molecule has 0 aliphatic heterocycles. The van der Waals surface area contributed by atoms with Gasteiger partial charge in [-0.2, -0.15) is 0 Å². The van der Waals surface area contributed by atoms with E-state index in [1.807, 2.05) is 24.5 Å². The summed E-state index contributed by atoms with van der Waals surface area (Å²) in [5, 5.41) is 4.56. The van der Waals surface area contributed by atoms with Crippen LogP contribution >= 0.6 is 0 Å². The molecule has 0 saturated heterocycles. The molecule has 0 saturated carbocycles. The van der Waals surface area contributed by atoms with E-state index in [-0.39, 0.29) is 0 Å². The van der Waals surface area contributed by atoms with Crippen molar-refractivity contribution in [3.05, 3.63) is 79.1 Å². The molecule has 0 amide bonds. The monoisotopic (exact) mass is 295 g/mol. The van der Waals surface area contributed by atoms with Crippen LogP contribution in [0.15, 0.2) is 83.5 Å². The molecule has 0 aliphatic carbocycles. The van der Waals surface area contributed by atoms with Crippen LogP contribution in [0.5, 0.6) is 0 Å². The number of hydrogen-bond acceptors (Lipinski definition) is 2. The molecule has 5 aromatic rings. The number of hydrogen-bond donors (Lipinski definition) is 0. The first-order chi connectivity index (χ1) is 11.4. The quantitative estimate of drug-likeness (QED) is 0.390. The van der Waals surface area contributed by atoms with Gasteiger partial charge < -0.3 is 4.42 Å². The molecular formula is C21H13NO. The molecular weight excluding hydrogens is 282 g/mol. The SMILES string of the molecule is c1ccc(-c2ccc3oc4cc5ccncc5cc4c3c2)cc1. The fraction of sp³-hybridized carbons (Fsp3) is 0. The molecule has 0 unspecified atom stereocenters. The third-order valence-corrected chi connectivity index (χ3v) is 4.34. The molecule has 2 nitrogen and oxygen atoms in total. The van der Waals surface area contributed by atoms with Crippen LogP contribution in [0.2, 0.25) is 0 Å². The van der Waals surface area contributed by atoms with Gasteiger partial charge in [0.05, 0.1) is 0 Å². The van der Waals surface area contributed by atoms with E-state index >= 15 is 0 Å². The van der Waals surface area contributed by atoms with E-state index in [9.17, 15) is 0 Å². The Bertz CT molecular complexity index is 1160. The van der Waals surface area contributed by atoms with Crippen molar-refractivity contribution in [2.24, 2.45) is 0 Å². The van der Waals surface area contributed by atoms with E-state index in [2.05, 4.69) is 59.6 Å². The van der Waals surface area contributed by atoms with Crippen molar-refractivity contribution in [2.75, 3.05) is 0 Å². The van der Waals surface area contributed by atoms with Crippen molar-refractivity contribution < 1.29 is 4.42 Å². The molecule has 5 rings (SSSR count). The van der Waals surface area contributed by atoms with Crippen LogP contribution in [-0.2, 0) is 0 Å². The van der Waals surface area contributed by atoms with Crippen molar-refractivity contribution in [3.63, 3.8) is 0 Å². The van der Waals surface area contributed by atoms with Crippen molar-refractivity contribution in [3.8, 4) is 11.1 Å². The smallest absolute Gasteiger partial charge is 0.136 e. The second-order valence-corrected chi connectivity index (χ2v) is 5.75. The van der Waals surface area contributed by atoms with Crippen molar-refractivity contribution >= 4 is 32.7 Å². The molecule has 0 bridgehead atoms. The maximum absolute atomic E-state index is 6.03. The largest absolute Gasteiger partial charge is 0.456 e. The highest BCUT2D eigenvalue weighted by molar-refractivity contribution is 6.10. The number of benzene rings is 3. The third-order valence-electron chi connectivity index (χ3n) is 4.34. The number of aromatic nitrogens is 1. The summed E-state index contributed by atoms with van der Waals surface area (Å²) in [6.07, 6.45) is 3.71. The Morgan fingerprint density at radius 1 is 0.652 bits per heavy atom. The lowest BCUT2D eigenvalue weighted by Crippen LogP contribution is -1.77. The van der Waals surface area contributed by atoms with Gasteiger partial charge in [-0.15, -0.1) is 0 Å². The molecule has 2 heterocycles. The fourth-order valence-corrected chi connectivity index (χ4v) is 3.17. The van der Waals surface area contributed by atoms with Crippen LogP contribution in [0.25, 0.3) is 43.8 Å². The van der Waals surface area contributed by atoms with Crippen LogP contribution in [0.4, 0.5) is 0 Å². The molecule has 0 N–H and O–H groups in total. The summed E-state index contributed by atoms with van der Waals surface area (Å²) in [4.78, 5) is 4.22. The Balaban J connectivity index is 1.84. The summed E-state index contributed by atoms with van der Waals surface area (Å²) in [6.45, 7) is 0. The Kier molecular flexibility index (Phi) is 2.53. The lowest BCUT2D eigenvalue weighted by molar-refractivity contribution is 0.669. The van der Waals surface area contributed by atoms with E-state index < -0.39 is 0 Å².